The van der Waals surface area contributed by atoms with E-state index in [0.29, 0.717) is 0 Å². The molecule has 0 radical (unpaired) electrons. The molecule has 0 aliphatic heterocycles. The highest BCUT2D eigenvalue weighted by Crippen LogP contribution is 2.21. The third kappa shape index (κ3) is 3.36. The Morgan fingerprint density at radius 1 is 1.00 bits per heavy atom. The molecule has 1 aromatic carbocycles. The van der Waals surface area contributed by atoms with Crippen LogP contribution in [0, 0.1) is 0 Å². The summed E-state index contributed by atoms with van der Waals surface area (Å²) in [4.78, 5) is 4.37. The van der Waals surface area contributed by atoms with Crippen molar-refractivity contribution in [2.75, 3.05) is 0 Å². The number of thioether (sulfide) groups is 1. The van der Waals surface area contributed by atoms with Crippen molar-refractivity contribution in [3.63, 3.8) is 0 Å². The molecule has 0 aliphatic rings. The van der Waals surface area contributed by atoms with Crippen LogP contribution in [0.4, 0.5) is 0 Å². The Kier molecular flexibility index (Phi) is 3.80. The summed E-state index contributed by atoms with van der Waals surface area (Å²) in [6, 6.07) is 16.4. The van der Waals surface area contributed by atoms with Gasteiger partial charge in [0.15, 0.2) is 0 Å². The smallest absolute Gasteiger partial charge is 0.107 e. The monoisotopic (exact) mass is 279 g/mol. The van der Waals surface area contributed by atoms with Crippen molar-refractivity contribution in [1.82, 2.24) is 4.98 Å². The lowest BCUT2D eigenvalue weighted by atomic mass is 10.2. The maximum absolute atomic E-state index is 4.37. The quantitative estimate of drug-likeness (QED) is 0.619. The zero-order valence-electron chi connectivity index (χ0n) is 8.06. The molecule has 0 bridgehead atoms. The highest BCUT2D eigenvalue weighted by atomic mass is 79.9. The molecule has 1 aromatic heterocycles. The highest BCUT2D eigenvalue weighted by molar-refractivity contribution is 9.10. The Labute approximate surface area is 102 Å². The van der Waals surface area contributed by atoms with Gasteiger partial charge in [0.25, 0.3) is 0 Å². The molecule has 0 amide bonds. The molecule has 0 saturated carbocycles. The fourth-order valence-electron chi connectivity index (χ4n) is 1.20. The lowest BCUT2D eigenvalue weighted by Gasteiger charge is -2.01. The van der Waals surface area contributed by atoms with Gasteiger partial charge in [0.1, 0.15) is 4.60 Å². The van der Waals surface area contributed by atoms with Gasteiger partial charge in [-0.25, -0.2) is 4.98 Å². The predicted molar refractivity (Wildman–Crippen MR) is 67.9 cm³/mol. The van der Waals surface area contributed by atoms with Gasteiger partial charge >= 0.3 is 0 Å². The number of aromatic nitrogens is 1. The first kappa shape index (κ1) is 10.7. The molecule has 0 saturated heterocycles. The van der Waals surface area contributed by atoms with Crippen LogP contribution in [0.15, 0.2) is 58.2 Å². The van der Waals surface area contributed by atoms with Crippen molar-refractivity contribution in [2.24, 2.45) is 0 Å². The summed E-state index contributed by atoms with van der Waals surface area (Å²) in [5, 5.41) is 1.05. The zero-order valence-corrected chi connectivity index (χ0v) is 10.5. The molecule has 0 spiro atoms. The Balaban J connectivity index is 1.99. The van der Waals surface area contributed by atoms with E-state index in [0.717, 1.165) is 15.4 Å². The van der Waals surface area contributed by atoms with Crippen LogP contribution in [0.25, 0.3) is 0 Å². The van der Waals surface area contributed by atoms with E-state index in [1.54, 1.807) is 11.8 Å². The van der Waals surface area contributed by atoms with Crippen LogP contribution in [-0.2, 0) is 5.75 Å². The minimum atomic E-state index is 0.889. The lowest BCUT2D eigenvalue weighted by molar-refractivity contribution is 1.10. The van der Waals surface area contributed by atoms with E-state index in [1.807, 2.05) is 24.3 Å². The zero-order chi connectivity index (χ0) is 10.5. The average molecular weight is 280 g/mol. The van der Waals surface area contributed by atoms with E-state index in [-0.39, 0.29) is 0 Å². The van der Waals surface area contributed by atoms with Gasteiger partial charge in [-0.3, -0.25) is 0 Å². The summed E-state index contributed by atoms with van der Waals surface area (Å²) < 4.78 is 0.889. The van der Waals surface area contributed by atoms with Crippen molar-refractivity contribution in [1.29, 1.82) is 0 Å². The summed E-state index contributed by atoms with van der Waals surface area (Å²) in [6.07, 6.45) is 0. The third-order valence-corrected chi connectivity index (χ3v) is 3.36. The topological polar surface area (TPSA) is 12.9 Å². The van der Waals surface area contributed by atoms with Crippen molar-refractivity contribution in [2.45, 2.75) is 10.8 Å². The maximum Gasteiger partial charge on any atom is 0.107 e. The summed E-state index contributed by atoms with van der Waals surface area (Å²) in [6.45, 7) is 0. The molecule has 2 aromatic rings. The SMILES string of the molecule is Brc1cccc(SCc2ccccc2)n1. The Hall–Kier alpha value is -0.800. The third-order valence-electron chi connectivity index (χ3n) is 1.92. The first-order chi connectivity index (χ1) is 7.34. The number of halogens is 1. The normalized spacial score (nSPS) is 10.2. The van der Waals surface area contributed by atoms with E-state index in [1.165, 1.54) is 5.56 Å². The molecular formula is C12H10BrNS. The van der Waals surface area contributed by atoms with Gasteiger partial charge in [-0.05, 0) is 33.6 Å². The van der Waals surface area contributed by atoms with E-state index in [9.17, 15) is 0 Å². The van der Waals surface area contributed by atoms with Gasteiger partial charge in [0, 0.05) is 5.75 Å². The summed E-state index contributed by atoms with van der Waals surface area (Å²) in [5.74, 6) is 0.963. The van der Waals surface area contributed by atoms with Crippen LogP contribution in [0.5, 0.6) is 0 Å². The molecular weight excluding hydrogens is 270 g/mol. The maximum atomic E-state index is 4.37. The van der Waals surface area contributed by atoms with Crippen molar-refractivity contribution < 1.29 is 0 Å². The van der Waals surface area contributed by atoms with Gasteiger partial charge in [-0.15, -0.1) is 11.8 Å². The second-order valence-electron chi connectivity index (χ2n) is 3.07. The number of hydrogen-bond donors (Lipinski definition) is 0. The van der Waals surface area contributed by atoms with E-state index < -0.39 is 0 Å². The molecule has 1 heterocycles. The molecule has 0 atom stereocenters. The molecule has 0 N–H and O–H groups in total. The standard InChI is InChI=1S/C12H10BrNS/c13-11-7-4-8-12(14-11)15-9-10-5-2-1-3-6-10/h1-8H,9H2. The van der Waals surface area contributed by atoms with Crippen molar-refractivity contribution in [3.05, 3.63) is 58.7 Å². The van der Waals surface area contributed by atoms with Gasteiger partial charge < -0.3 is 0 Å². The first-order valence-corrected chi connectivity index (χ1v) is 6.42. The molecule has 0 unspecified atom stereocenters. The Morgan fingerprint density at radius 3 is 2.53 bits per heavy atom. The van der Waals surface area contributed by atoms with Crippen LogP contribution < -0.4 is 0 Å². The van der Waals surface area contributed by atoms with Crippen LogP contribution >= 0.6 is 27.7 Å². The number of benzene rings is 1. The van der Waals surface area contributed by atoms with Gasteiger partial charge in [-0.2, -0.15) is 0 Å². The summed E-state index contributed by atoms with van der Waals surface area (Å²) >= 11 is 5.11. The first-order valence-electron chi connectivity index (χ1n) is 4.64. The second kappa shape index (κ2) is 5.33. The van der Waals surface area contributed by atoms with Crippen LogP contribution in [-0.4, -0.2) is 4.98 Å². The molecule has 3 heteroatoms. The molecule has 76 valence electrons. The number of hydrogen-bond acceptors (Lipinski definition) is 2. The van der Waals surface area contributed by atoms with Crippen molar-refractivity contribution >= 4 is 27.7 Å². The molecule has 15 heavy (non-hydrogen) atoms. The number of nitrogens with zero attached hydrogens (tertiary/aromatic N) is 1. The van der Waals surface area contributed by atoms with E-state index in [4.69, 9.17) is 0 Å². The summed E-state index contributed by atoms with van der Waals surface area (Å²) in [5.41, 5.74) is 1.32. The summed E-state index contributed by atoms with van der Waals surface area (Å²) in [7, 11) is 0. The van der Waals surface area contributed by atoms with Gasteiger partial charge in [0.05, 0.1) is 5.03 Å². The van der Waals surface area contributed by atoms with Crippen molar-refractivity contribution in [3.8, 4) is 0 Å². The van der Waals surface area contributed by atoms with E-state index in [2.05, 4.69) is 45.2 Å². The van der Waals surface area contributed by atoms with Gasteiger partial charge in [0.2, 0.25) is 0 Å². The molecule has 0 fully saturated rings. The predicted octanol–water partition coefficient (Wildman–Crippen LogP) is 4.14. The fraction of sp³-hybridized carbons (Fsp3) is 0.0833. The molecule has 1 nitrogen and oxygen atoms in total. The average Bonchev–Trinajstić information content (AvgIpc) is 2.28. The van der Waals surface area contributed by atoms with E-state index >= 15 is 0 Å². The van der Waals surface area contributed by atoms with Crippen LogP contribution in [0.1, 0.15) is 5.56 Å². The fourth-order valence-corrected chi connectivity index (χ4v) is 2.51. The highest BCUT2D eigenvalue weighted by Gasteiger charge is 1.97. The largest absolute Gasteiger partial charge is 0.235 e. The van der Waals surface area contributed by atoms with Gasteiger partial charge in [-0.1, -0.05) is 36.4 Å². The molecule has 2 rings (SSSR count). The van der Waals surface area contributed by atoms with Crippen LogP contribution in [0.2, 0.25) is 0 Å². The number of pyridine rings is 1. The molecule has 0 aliphatic carbocycles. The lowest BCUT2D eigenvalue weighted by Crippen LogP contribution is -1.82. The number of rotatable bonds is 3. The Morgan fingerprint density at radius 2 is 1.80 bits per heavy atom. The second-order valence-corrected chi connectivity index (χ2v) is 4.88. The Bertz CT molecular complexity index is 431. The van der Waals surface area contributed by atoms with Crippen LogP contribution in [0.3, 0.4) is 0 Å². The minimum absolute atomic E-state index is 0.889. The minimum Gasteiger partial charge on any atom is -0.235 e.